The van der Waals surface area contributed by atoms with Crippen molar-refractivity contribution in [2.24, 2.45) is 0 Å². The first-order valence-corrected chi connectivity index (χ1v) is 3.56. The van der Waals surface area contributed by atoms with Crippen LogP contribution in [-0.2, 0) is 0 Å². The van der Waals surface area contributed by atoms with Crippen molar-refractivity contribution < 1.29 is 15.3 Å². The molecule has 2 atom stereocenters. The molecule has 0 saturated carbocycles. The normalized spacial score (nSPS) is 14.5. The van der Waals surface area contributed by atoms with E-state index in [2.05, 4.69) is 4.98 Å². The molecule has 0 amide bonds. The third-order valence-corrected chi connectivity index (χ3v) is 1.51. The molecular weight excluding hydrogens is 172 g/mol. The molecule has 13 heavy (non-hydrogen) atoms. The van der Waals surface area contributed by atoms with Gasteiger partial charge in [-0.05, 0) is 12.1 Å². The number of aromatic nitrogens is 1. The van der Waals surface area contributed by atoms with Gasteiger partial charge in [-0.15, -0.1) is 0 Å². The topological polar surface area (TPSA) is 97.4 Å². The van der Waals surface area contributed by atoms with Crippen molar-refractivity contribution in [2.45, 2.75) is 12.2 Å². The number of nitrogens with zero attached hydrogens (tertiary/aromatic N) is 2. The van der Waals surface area contributed by atoms with Gasteiger partial charge in [0.15, 0.2) is 6.10 Å². The smallest absolute Gasteiger partial charge is 0.171 e. The fourth-order valence-electron chi connectivity index (χ4n) is 0.805. The van der Waals surface area contributed by atoms with Crippen molar-refractivity contribution in [3.05, 3.63) is 24.0 Å². The van der Waals surface area contributed by atoms with Crippen LogP contribution in [0, 0.1) is 11.3 Å². The zero-order chi connectivity index (χ0) is 9.84. The lowest BCUT2D eigenvalue weighted by Crippen LogP contribution is -2.16. The quantitative estimate of drug-likeness (QED) is 0.543. The van der Waals surface area contributed by atoms with E-state index in [4.69, 9.17) is 15.5 Å². The van der Waals surface area contributed by atoms with Crippen molar-refractivity contribution in [1.29, 1.82) is 5.26 Å². The van der Waals surface area contributed by atoms with Crippen LogP contribution in [0.5, 0.6) is 5.75 Å². The number of aliphatic hydroxyl groups excluding tert-OH is 2. The fraction of sp³-hybridized carbons (Fsp3) is 0.250. The predicted octanol–water partition coefficient (Wildman–Crippen LogP) is -0.295. The number of nitriles is 1. The summed E-state index contributed by atoms with van der Waals surface area (Å²) in [6, 6.07) is 4.13. The molecule has 0 bridgehead atoms. The number of aromatic hydroxyl groups is 1. The molecule has 0 spiro atoms. The monoisotopic (exact) mass is 180 g/mol. The maximum absolute atomic E-state index is 9.26. The molecule has 0 aliphatic rings. The van der Waals surface area contributed by atoms with Crippen LogP contribution in [0.4, 0.5) is 0 Å². The maximum Gasteiger partial charge on any atom is 0.171 e. The molecule has 3 N–H and O–H groups in total. The lowest BCUT2D eigenvalue weighted by Gasteiger charge is -2.10. The summed E-state index contributed by atoms with van der Waals surface area (Å²) in [5.74, 6) is -0.0394. The van der Waals surface area contributed by atoms with Gasteiger partial charge in [-0.2, -0.15) is 5.26 Å². The van der Waals surface area contributed by atoms with Crippen LogP contribution in [0.1, 0.15) is 11.8 Å². The minimum atomic E-state index is -1.50. The molecular formula is C8H8N2O3. The minimum absolute atomic E-state index is 0.0394. The van der Waals surface area contributed by atoms with Gasteiger partial charge in [0, 0.05) is 0 Å². The summed E-state index contributed by atoms with van der Waals surface area (Å²) in [5.41, 5.74) is 0.145. The van der Waals surface area contributed by atoms with Gasteiger partial charge in [0.2, 0.25) is 0 Å². The number of pyridine rings is 1. The Morgan fingerprint density at radius 1 is 1.38 bits per heavy atom. The standard InChI is InChI=1S/C8H8N2O3/c9-3-7(12)8(13)6-2-1-5(11)4-10-6/h1-2,4,7-8,11-13H. The maximum atomic E-state index is 9.26. The van der Waals surface area contributed by atoms with Gasteiger partial charge >= 0.3 is 0 Å². The number of hydrogen-bond donors (Lipinski definition) is 3. The average Bonchev–Trinajstić information content (AvgIpc) is 2.17. The molecule has 5 heteroatoms. The van der Waals surface area contributed by atoms with Gasteiger partial charge < -0.3 is 15.3 Å². The minimum Gasteiger partial charge on any atom is -0.506 e. The van der Waals surface area contributed by atoms with Gasteiger partial charge in [0.25, 0.3) is 0 Å². The second-order valence-corrected chi connectivity index (χ2v) is 2.46. The van der Waals surface area contributed by atoms with Crippen molar-refractivity contribution in [3.8, 4) is 11.8 Å². The highest BCUT2D eigenvalue weighted by Gasteiger charge is 2.18. The second kappa shape index (κ2) is 3.85. The van der Waals surface area contributed by atoms with Gasteiger partial charge in [0.1, 0.15) is 11.9 Å². The Bertz CT molecular complexity index is 317. The van der Waals surface area contributed by atoms with E-state index in [1.807, 2.05) is 0 Å². The molecule has 0 radical (unpaired) electrons. The molecule has 0 fully saturated rings. The molecule has 0 saturated heterocycles. The van der Waals surface area contributed by atoms with E-state index in [1.165, 1.54) is 18.2 Å². The third kappa shape index (κ3) is 2.15. The predicted molar refractivity (Wildman–Crippen MR) is 42.5 cm³/mol. The van der Waals surface area contributed by atoms with E-state index in [0.717, 1.165) is 6.20 Å². The molecule has 68 valence electrons. The summed E-state index contributed by atoms with van der Waals surface area (Å²) in [4.78, 5) is 3.64. The van der Waals surface area contributed by atoms with Gasteiger partial charge in [-0.1, -0.05) is 0 Å². The van der Waals surface area contributed by atoms with E-state index in [9.17, 15) is 5.11 Å². The number of hydrogen-bond acceptors (Lipinski definition) is 5. The summed E-state index contributed by atoms with van der Waals surface area (Å²) in [7, 11) is 0. The highest BCUT2D eigenvalue weighted by molar-refractivity contribution is 5.20. The number of rotatable bonds is 2. The summed E-state index contributed by atoms with van der Waals surface area (Å²) in [5, 5.41) is 35.3. The highest BCUT2D eigenvalue weighted by Crippen LogP contribution is 2.15. The Kier molecular flexibility index (Phi) is 2.80. The van der Waals surface area contributed by atoms with Gasteiger partial charge in [-0.3, -0.25) is 4.98 Å². The first-order valence-electron chi connectivity index (χ1n) is 3.56. The molecule has 2 unspecified atom stereocenters. The van der Waals surface area contributed by atoms with Crippen LogP contribution in [0.25, 0.3) is 0 Å². The Balaban J connectivity index is 2.84. The van der Waals surface area contributed by atoms with Crippen LogP contribution < -0.4 is 0 Å². The number of aliphatic hydroxyl groups is 2. The molecule has 0 aliphatic heterocycles. The van der Waals surface area contributed by atoms with E-state index in [-0.39, 0.29) is 11.4 Å². The largest absolute Gasteiger partial charge is 0.506 e. The van der Waals surface area contributed by atoms with Crippen molar-refractivity contribution in [2.75, 3.05) is 0 Å². The van der Waals surface area contributed by atoms with Crippen LogP contribution >= 0.6 is 0 Å². The van der Waals surface area contributed by atoms with Crippen LogP contribution in [0.3, 0.4) is 0 Å². The fourth-order valence-corrected chi connectivity index (χ4v) is 0.805. The Morgan fingerprint density at radius 2 is 2.08 bits per heavy atom. The van der Waals surface area contributed by atoms with Crippen LogP contribution in [-0.4, -0.2) is 26.4 Å². The Labute approximate surface area is 74.5 Å². The summed E-state index contributed by atoms with van der Waals surface area (Å²) in [6.45, 7) is 0. The van der Waals surface area contributed by atoms with E-state index in [0.29, 0.717) is 0 Å². The third-order valence-electron chi connectivity index (χ3n) is 1.51. The molecule has 1 aromatic heterocycles. The van der Waals surface area contributed by atoms with Crippen LogP contribution in [0.15, 0.2) is 18.3 Å². The molecule has 1 rings (SSSR count). The molecule has 0 aromatic carbocycles. The van der Waals surface area contributed by atoms with Crippen LogP contribution in [0.2, 0.25) is 0 Å². The average molecular weight is 180 g/mol. The van der Waals surface area contributed by atoms with Crippen molar-refractivity contribution in [3.63, 3.8) is 0 Å². The molecule has 1 heterocycles. The Morgan fingerprint density at radius 3 is 2.54 bits per heavy atom. The second-order valence-electron chi connectivity index (χ2n) is 2.46. The van der Waals surface area contributed by atoms with Gasteiger partial charge in [-0.25, -0.2) is 0 Å². The summed E-state index contributed by atoms with van der Waals surface area (Å²) >= 11 is 0. The van der Waals surface area contributed by atoms with Crippen molar-refractivity contribution >= 4 is 0 Å². The SMILES string of the molecule is N#CC(O)C(O)c1ccc(O)cn1. The van der Waals surface area contributed by atoms with Crippen molar-refractivity contribution in [1.82, 2.24) is 4.98 Å². The summed E-state index contributed by atoms with van der Waals surface area (Å²) < 4.78 is 0. The lowest BCUT2D eigenvalue weighted by molar-refractivity contribution is 0.0498. The highest BCUT2D eigenvalue weighted by atomic mass is 16.3. The molecule has 0 aliphatic carbocycles. The first kappa shape index (κ1) is 9.45. The lowest BCUT2D eigenvalue weighted by atomic mass is 10.1. The van der Waals surface area contributed by atoms with Gasteiger partial charge in [0.05, 0.1) is 18.0 Å². The van der Waals surface area contributed by atoms with E-state index in [1.54, 1.807) is 0 Å². The Hall–Kier alpha value is -1.64. The molecule has 5 nitrogen and oxygen atoms in total. The zero-order valence-electron chi connectivity index (χ0n) is 6.62. The van der Waals surface area contributed by atoms with E-state index >= 15 is 0 Å². The zero-order valence-corrected chi connectivity index (χ0v) is 6.62. The summed E-state index contributed by atoms with van der Waals surface area (Å²) in [6.07, 6.45) is -1.72. The molecule has 1 aromatic rings. The first-order chi connectivity index (χ1) is 6.15. The van der Waals surface area contributed by atoms with E-state index < -0.39 is 12.2 Å².